The van der Waals surface area contributed by atoms with Gasteiger partial charge in [-0.1, -0.05) is 42.1 Å². The van der Waals surface area contributed by atoms with Gasteiger partial charge in [-0.3, -0.25) is 9.36 Å². The van der Waals surface area contributed by atoms with Crippen molar-refractivity contribution in [2.45, 2.75) is 23.9 Å². The maximum Gasteiger partial charge on any atom is 0.316 e. The Bertz CT molecular complexity index is 601. The summed E-state index contributed by atoms with van der Waals surface area (Å²) >= 11 is 1.18. The second-order valence-electron chi connectivity index (χ2n) is 4.41. The van der Waals surface area contributed by atoms with Crippen molar-refractivity contribution in [2.75, 3.05) is 13.7 Å². The molecule has 2 aromatic rings. The van der Waals surface area contributed by atoms with E-state index in [-0.39, 0.29) is 0 Å². The van der Waals surface area contributed by atoms with Crippen LogP contribution in [0, 0.1) is 0 Å². The van der Waals surface area contributed by atoms with Crippen LogP contribution in [-0.2, 0) is 16.1 Å². The lowest BCUT2D eigenvalue weighted by Crippen LogP contribution is -2.14. The molecular weight excluding hydrogens is 290 g/mol. The van der Waals surface area contributed by atoms with Crippen LogP contribution in [0.15, 0.2) is 35.5 Å². The Kier molecular flexibility index (Phi) is 5.35. The minimum Gasteiger partial charge on any atom is -0.480 e. The summed E-state index contributed by atoms with van der Waals surface area (Å²) < 4.78 is 7.00. The number of nitrogens with zero attached hydrogens (tertiary/aromatic N) is 3. The van der Waals surface area contributed by atoms with Gasteiger partial charge in [0.25, 0.3) is 0 Å². The SMILES string of the molecule is COCCn1c(SC(C)C(=O)O)nnc1-c1ccccc1. The Hall–Kier alpha value is -1.86. The number of aliphatic carboxylic acids is 1. The maximum atomic E-state index is 11.0. The summed E-state index contributed by atoms with van der Waals surface area (Å²) in [6.45, 7) is 2.71. The number of methoxy groups -OCH3 is 1. The highest BCUT2D eigenvalue weighted by Crippen LogP contribution is 2.26. The first-order valence-corrected chi connectivity index (χ1v) is 7.38. The third-order valence-electron chi connectivity index (χ3n) is 2.90. The van der Waals surface area contributed by atoms with Crippen molar-refractivity contribution >= 4 is 17.7 Å². The number of carboxylic acid groups (broad SMARTS) is 1. The molecule has 112 valence electrons. The standard InChI is InChI=1S/C14H17N3O3S/c1-10(13(18)19)21-14-16-15-12(17(14)8-9-20-2)11-6-4-3-5-7-11/h3-7,10H,8-9H2,1-2H3,(H,18,19). The zero-order valence-electron chi connectivity index (χ0n) is 11.9. The lowest BCUT2D eigenvalue weighted by Gasteiger charge is -2.11. The normalized spacial score (nSPS) is 12.3. The molecule has 21 heavy (non-hydrogen) atoms. The van der Waals surface area contributed by atoms with E-state index in [1.165, 1.54) is 11.8 Å². The molecule has 1 atom stereocenters. The molecule has 1 unspecified atom stereocenters. The molecule has 7 heteroatoms. The summed E-state index contributed by atoms with van der Waals surface area (Å²) in [5.74, 6) is -0.157. The van der Waals surface area contributed by atoms with Crippen LogP contribution < -0.4 is 0 Å². The molecular formula is C14H17N3O3S. The predicted octanol–water partition coefficient (Wildman–Crippen LogP) is 2.16. The fraction of sp³-hybridized carbons (Fsp3) is 0.357. The summed E-state index contributed by atoms with van der Waals surface area (Å²) in [5.41, 5.74) is 0.941. The summed E-state index contributed by atoms with van der Waals surface area (Å²) in [5, 5.41) is 17.4. The lowest BCUT2D eigenvalue weighted by atomic mass is 10.2. The predicted molar refractivity (Wildman–Crippen MR) is 80.3 cm³/mol. The van der Waals surface area contributed by atoms with Crippen molar-refractivity contribution < 1.29 is 14.6 Å². The molecule has 1 aromatic heterocycles. The molecule has 0 radical (unpaired) electrons. The smallest absolute Gasteiger partial charge is 0.316 e. The number of benzene rings is 1. The first kappa shape index (κ1) is 15.5. The van der Waals surface area contributed by atoms with Gasteiger partial charge in [0.05, 0.1) is 13.2 Å². The van der Waals surface area contributed by atoms with Crippen LogP contribution in [0.3, 0.4) is 0 Å². The zero-order valence-corrected chi connectivity index (χ0v) is 12.7. The highest BCUT2D eigenvalue weighted by atomic mass is 32.2. The van der Waals surface area contributed by atoms with Crippen molar-refractivity contribution in [3.8, 4) is 11.4 Å². The second kappa shape index (κ2) is 7.24. The fourth-order valence-electron chi connectivity index (χ4n) is 1.77. The van der Waals surface area contributed by atoms with Crippen molar-refractivity contribution in [1.29, 1.82) is 0 Å². The highest BCUT2D eigenvalue weighted by Gasteiger charge is 2.19. The molecule has 0 amide bonds. The summed E-state index contributed by atoms with van der Waals surface area (Å²) in [6.07, 6.45) is 0. The van der Waals surface area contributed by atoms with E-state index >= 15 is 0 Å². The number of thioether (sulfide) groups is 1. The molecule has 1 N–H and O–H groups in total. The van der Waals surface area contributed by atoms with E-state index in [0.29, 0.717) is 24.1 Å². The minimum atomic E-state index is -0.873. The zero-order chi connectivity index (χ0) is 15.2. The van der Waals surface area contributed by atoms with Gasteiger partial charge in [-0.2, -0.15) is 0 Å². The van der Waals surface area contributed by atoms with Gasteiger partial charge >= 0.3 is 5.97 Å². The van der Waals surface area contributed by atoms with E-state index in [4.69, 9.17) is 9.84 Å². The number of ether oxygens (including phenoxy) is 1. The molecule has 1 heterocycles. The van der Waals surface area contributed by atoms with Crippen molar-refractivity contribution in [2.24, 2.45) is 0 Å². The average Bonchev–Trinajstić information content (AvgIpc) is 2.88. The molecule has 0 bridgehead atoms. The van der Waals surface area contributed by atoms with E-state index in [9.17, 15) is 4.79 Å². The maximum absolute atomic E-state index is 11.0. The van der Waals surface area contributed by atoms with Gasteiger partial charge in [-0.05, 0) is 6.92 Å². The van der Waals surface area contributed by atoms with Crippen LogP contribution >= 0.6 is 11.8 Å². The Labute approximate surface area is 127 Å². The molecule has 0 fully saturated rings. The number of hydrogen-bond acceptors (Lipinski definition) is 5. The average molecular weight is 307 g/mol. The van der Waals surface area contributed by atoms with Crippen molar-refractivity contribution in [3.63, 3.8) is 0 Å². The van der Waals surface area contributed by atoms with E-state index in [1.807, 2.05) is 34.9 Å². The summed E-state index contributed by atoms with van der Waals surface area (Å²) in [7, 11) is 1.62. The van der Waals surface area contributed by atoms with Gasteiger partial charge in [-0.15, -0.1) is 10.2 Å². The highest BCUT2D eigenvalue weighted by molar-refractivity contribution is 8.00. The molecule has 6 nitrogen and oxygen atoms in total. The molecule has 0 saturated carbocycles. The van der Waals surface area contributed by atoms with Crippen molar-refractivity contribution in [1.82, 2.24) is 14.8 Å². The molecule has 1 aromatic carbocycles. The van der Waals surface area contributed by atoms with Crippen LogP contribution in [0.2, 0.25) is 0 Å². The molecule has 0 aliphatic rings. The molecule has 0 aliphatic heterocycles. The monoisotopic (exact) mass is 307 g/mol. The lowest BCUT2D eigenvalue weighted by molar-refractivity contribution is -0.136. The van der Waals surface area contributed by atoms with Crippen LogP contribution in [0.4, 0.5) is 0 Å². The van der Waals surface area contributed by atoms with Gasteiger partial charge < -0.3 is 9.84 Å². The van der Waals surface area contributed by atoms with Crippen LogP contribution in [0.25, 0.3) is 11.4 Å². The van der Waals surface area contributed by atoms with Gasteiger partial charge in [-0.25, -0.2) is 0 Å². The first-order valence-electron chi connectivity index (χ1n) is 6.50. The first-order chi connectivity index (χ1) is 10.1. The number of hydrogen-bond donors (Lipinski definition) is 1. The summed E-state index contributed by atoms with van der Waals surface area (Å²) in [4.78, 5) is 11.0. The van der Waals surface area contributed by atoms with Crippen LogP contribution in [0.1, 0.15) is 6.92 Å². The largest absolute Gasteiger partial charge is 0.480 e. The number of carboxylic acids is 1. The minimum absolute atomic E-state index is 0.507. The Morgan fingerprint density at radius 3 is 2.71 bits per heavy atom. The van der Waals surface area contributed by atoms with Gasteiger partial charge in [0.15, 0.2) is 11.0 Å². The van der Waals surface area contributed by atoms with E-state index < -0.39 is 11.2 Å². The van der Waals surface area contributed by atoms with E-state index in [1.54, 1.807) is 14.0 Å². The summed E-state index contributed by atoms with van der Waals surface area (Å²) in [6, 6.07) is 9.68. The molecule has 0 saturated heterocycles. The Balaban J connectivity index is 2.33. The van der Waals surface area contributed by atoms with Gasteiger partial charge in [0, 0.05) is 12.7 Å². The van der Waals surface area contributed by atoms with Gasteiger partial charge in [0.1, 0.15) is 5.25 Å². The molecule has 0 aliphatic carbocycles. The topological polar surface area (TPSA) is 77.2 Å². The van der Waals surface area contributed by atoms with Gasteiger partial charge in [0.2, 0.25) is 0 Å². The third-order valence-corrected chi connectivity index (χ3v) is 3.97. The number of aromatic nitrogens is 3. The molecule has 0 spiro atoms. The third kappa shape index (κ3) is 3.83. The van der Waals surface area contributed by atoms with E-state index in [2.05, 4.69) is 10.2 Å². The fourth-order valence-corrected chi connectivity index (χ4v) is 2.58. The Morgan fingerprint density at radius 2 is 2.10 bits per heavy atom. The number of carbonyl (C=O) groups is 1. The van der Waals surface area contributed by atoms with Crippen LogP contribution in [-0.4, -0.2) is 44.8 Å². The number of rotatable bonds is 7. The van der Waals surface area contributed by atoms with E-state index in [0.717, 1.165) is 5.56 Å². The van der Waals surface area contributed by atoms with Crippen molar-refractivity contribution in [3.05, 3.63) is 30.3 Å². The van der Waals surface area contributed by atoms with Crippen LogP contribution in [0.5, 0.6) is 0 Å². The second-order valence-corrected chi connectivity index (χ2v) is 5.72. The Morgan fingerprint density at radius 1 is 1.38 bits per heavy atom. The molecule has 2 rings (SSSR count). The quantitative estimate of drug-likeness (QED) is 0.790.